The number of carbonyl (C=O) groups is 4. The molecule has 4 amide bonds. The number of imide groups is 2. The van der Waals surface area contributed by atoms with Crippen LogP contribution in [0.1, 0.15) is 63.7 Å². The second-order valence-electron chi connectivity index (χ2n) is 16.8. The predicted octanol–water partition coefficient (Wildman–Crippen LogP) is 7.23. The van der Waals surface area contributed by atoms with Crippen LogP contribution in [0.4, 0.5) is 5.69 Å². The van der Waals surface area contributed by atoms with Gasteiger partial charge in [0, 0.05) is 26.2 Å². The minimum atomic E-state index is -0.603. The minimum absolute atomic E-state index is 0.0542. The molecular formula is C54H34N4O10. The molecule has 11 rings (SSSR count). The average Bonchev–Trinajstić information content (AvgIpc) is 3.91. The highest BCUT2D eigenvalue weighted by Gasteiger charge is 2.37. The SMILES string of the molecule is CN1C(=O)c2ccc(Cc3ccc4c(c3)C(=O)N(c3cccc(Oc5ccc(Cc6ccc(Oc7cccc(-n8c(=O)c9cc%10c(=O)n(C)c(=O)c%10cc9c8=O)c7)cc6)cc5)c3)C4=O)cc2C1=O. The van der Waals surface area contributed by atoms with Crippen molar-refractivity contribution in [2.75, 3.05) is 11.9 Å². The van der Waals surface area contributed by atoms with E-state index in [4.69, 9.17) is 9.47 Å². The van der Waals surface area contributed by atoms with Crippen molar-refractivity contribution in [1.82, 2.24) is 14.0 Å². The Morgan fingerprint density at radius 3 is 1.32 bits per heavy atom. The van der Waals surface area contributed by atoms with E-state index in [1.807, 2.05) is 48.5 Å². The number of nitrogens with zero attached hydrogens (tertiary/aromatic N) is 4. The van der Waals surface area contributed by atoms with Gasteiger partial charge in [0.05, 0.1) is 55.2 Å². The van der Waals surface area contributed by atoms with Crippen molar-refractivity contribution in [2.24, 2.45) is 7.05 Å². The molecule has 0 radical (unpaired) electrons. The Balaban J connectivity index is 0.731. The molecule has 7 aromatic carbocycles. The lowest BCUT2D eigenvalue weighted by Crippen LogP contribution is -2.29. The standard InChI is InChI=1S/C54H34N4O10/c1-55-47(59)39-19-13-31(23-41(39)48(55)60)22-32-14-20-40-42(24-32)52(64)57(51(40)63)33-5-3-7-37(25-33)67-35-15-9-29(10-16-35)21-30-11-17-36(18-12-30)68-38-8-4-6-34(26-38)58-53(65)45-27-43-44(28-46(45)54(58)66)50(62)56(2)49(43)61/h3-20,23-28H,21-22H2,1-2H3. The van der Waals surface area contributed by atoms with Crippen LogP contribution in [0.15, 0.2) is 165 Å². The summed E-state index contributed by atoms with van der Waals surface area (Å²) in [6.07, 6.45) is 0.995. The maximum absolute atomic E-state index is 13.7. The number of fused-ring (bicyclic) bond motifs is 4. The van der Waals surface area contributed by atoms with Crippen LogP contribution in [0.3, 0.4) is 0 Å². The maximum Gasteiger partial charge on any atom is 0.266 e. The third-order valence-corrected chi connectivity index (χ3v) is 12.5. The van der Waals surface area contributed by atoms with Gasteiger partial charge in [-0.2, -0.15) is 0 Å². The average molecular weight is 899 g/mol. The van der Waals surface area contributed by atoms with Gasteiger partial charge < -0.3 is 9.47 Å². The first kappa shape index (κ1) is 41.4. The Labute approximate surface area is 384 Å². The van der Waals surface area contributed by atoms with Gasteiger partial charge in [0.2, 0.25) is 0 Å². The molecule has 2 aliphatic heterocycles. The molecule has 0 bridgehead atoms. The number of ether oxygens (including phenoxy) is 2. The van der Waals surface area contributed by atoms with Crippen LogP contribution in [0.5, 0.6) is 23.0 Å². The molecular weight excluding hydrogens is 865 g/mol. The van der Waals surface area contributed by atoms with E-state index >= 15 is 0 Å². The summed E-state index contributed by atoms with van der Waals surface area (Å²) in [5, 5.41) is 0.288. The van der Waals surface area contributed by atoms with Gasteiger partial charge in [-0.3, -0.25) is 47.8 Å². The smallest absolute Gasteiger partial charge is 0.266 e. The number of amides is 4. The summed E-state index contributed by atoms with van der Waals surface area (Å²) in [6.45, 7) is 0. The van der Waals surface area contributed by atoms with Crippen molar-refractivity contribution in [1.29, 1.82) is 0 Å². The predicted molar refractivity (Wildman–Crippen MR) is 253 cm³/mol. The van der Waals surface area contributed by atoms with Crippen molar-refractivity contribution < 1.29 is 28.7 Å². The van der Waals surface area contributed by atoms with Gasteiger partial charge in [0.15, 0.2) is 0 Å². The van der Waals surface area contributed by atoms with E-state index in [9.17, 15) is 38.4 Å². The maximum atomic E-state index is 13.7. The molecule has 0 unspecified atom stereocenters. The number of aromatic nitrogens is 2. The Morgan fingerprint density at radius 1 is 0.368 bits per heavy atom. The fraction of sp³-hybridized carbons (Fsp3) is 0.0741. The summed E-state index contributed by atoms with van der Waals surface area (Å²) in [6, 6.07) is 41.2. The van der Waals surface area contributed by atoms with E-state index in [0.29, 0.717) is 52.7 Å². The second-order valence-corrected chi connectivity index (χ2v) is 16.8. The summed E-state index contributed by atoms with van der Waals surface area (Å²) < 4.78 is 14.2. The van der Waals surface area contributed by atoms with E-state index in [1.54, 1.807) is 84.9 Å². The van der Waals surface area contributed by atoms with Crippen LogP contribution in [-0.2, 0) is 19.9 Å². The third kappa shape index (κ3) is 6.81. The molecule has 0 atom stereocenters. The first-order chi connectivity index (χ1) is 32.8. The number of rotatable bonds is 10. The first-order valence-corrected chi connectivity index (χ1v) is 21.4. The van der Waals surface area contributed by atoms with Crippen molar-refractivity contribution >= 4 is 50.9 Å². The van der Waals surface area contributed by atoms with Crippen molar-refractivity contribution in [3.05, 3.63) is 232 Å². The minimum Gasteiger partial charge on any atom is -0.457 e. The molecule has 0 saturated heterocycles. The number of anilines is 1. The van der Waals surface area contributed by atoms with Gasteiger partial charge >= 0.3 is 0 Å². The first-order valence-electron chi connectivity index (χ1n) is 21.4. The summed E-state index contributed by atoms with van der Waals surface area (Å²) >= 11 is 0. The molecule has 0 saturated carbocycles. The molecule has 2 aromatic heterocycles. The Kier molecular flexibility index (Phi) is 9.56. The molecule has 0 N–H and O–H groups in total. The van der Waals surface area contributed by atoms with E-state index in [1.165, 1.54) is 26.2 Å². The lowest BCUT2D eigenvalue weighted by Gasteiger charge is -2.15. The highest BCUT2D eigenvalue weighted by atomic mass is 16.5. The Morgan fingerprint density at radius 2 is 0.779 bits per heavy atom. The fourth-order valence-electron chi connectivity index (χ4n) is 8.95. The molecule has 0 fully saturated rings. The van der Waals surface area contributed by atoms with Crippen LogP contribution in [0, 0.1) is 0 Å². The van der Waals surface area contributed by atoms with Gasteiger partial charge in [-0.15, -0.1) is 0 Å². The largest absolute Gasteiger partial charge is 0.457 e. The Hall–Kier alpha value is -9.30. The highest BCUT2D eigenvalue weighted by Crippen LogP contribution is 2.34. The highest BCUT2D eigenvalue weighted by molar-refractivity contribution is 6.34. The van der Waals surface area contributed by atoms with Gasteiger partial charge in [0.1, 0.15) is 23.0 Å². The number of carbonyl (C=O) groups excluding carboxylic acids is 4. The second kappa shape index (κ2) is 15.7. The van der Waals surface area contributed by atoms with Crippen molar-refractivity contribution in [2.45, 2.75) is 12.8 Å². The van der Waals surface area contributed by atoms with Crippen molar-refractivity contribution in [3.8, 4) is 28.7 Å². The van der Waals surface area contributed by atoms with Crippen molar-refractivity contribution in [3.63, 3.8) is 0 Å². The summed E-state index contributed by atoms with van der Waals surface area (Å²) in [7, 11) is 2.80. The third-order valence-electron chi connectivity index (χ3n) is 12.5. The molecule has 4 heterocycles. The fourth-order valence-corrected chi connectivity index (χ4v) is 8.95. The van der Waals surface area contributed by atoms with E-state index in [0.717, 1.165) is 41.2 Å². The summed E-state index contributed by atoms with van der Waals surface area (Å²) in [5.74, 6) is 0.289. The zero-order chi connectivity index (χ0) is 47.1. The monoisotopic (exact) mass is 898 g/mol. The van der Waals surface area contributed by atoms with Gasteiger partial charge in [-0.1, -0.05) is 48.5 Å². The molecule has 0 spiro atoms. The molecule has 9 aromatic rings. The molecule has 2 aliphatic rings. The van der Waals surface area contributed by atoms with E-state index < -0.39 is 34.1 Å². The number of hydrogen-bond acceptors (Lipinski definition) is 10. The lowest BCUT2D eigenvalue weighted by atomic mass is 9.98. The van der Waals surface area contributed by atoms with Crippen LogP contribution in [-0.4, -0.2) is 44.7 Å². The summed E-state index contributed by atoms with van der Waals surface area (Å²) in [5.41, 5.74) is 3.21. The normalized spacial score (nSPS) is 13.3. The molecule has 14 heteroatoms. The van der Waals surface area contributed by atoms with Crippen LogP contribution >= 0.6 is 0 Å². The lowest BCUT2D eigenvalue weighted by molar-refractivity contribution is 0.0692. The quantitative estimate of drug-likeness (QED) is 0.128. The van der Waals surface area contributed by atoms with Gasteiger partial charge in [-0.05, 0) is 120 Å². The van der Waals surface area contributed by atoms with E-state index in [2.05, 4.69) is 0 Å². The molecule has 330 valence electrons. The summed E-state index contributed by atoms with van der Waals surface area (Å²) in [4.78, 5) is 106. The van der Waals surface area contributed by atoms with Crippen LogP contribution in [0.2, 0.25) is 0 Å². The van der Waals surface area contributed by atoms with Crippen LogP contribution in [0.25, 0.3) is 27.2 Å². The zero-order valence-corrected chi connectivity index (χ0v) is 36.1. The van der Waals surface area contributed by atoms with Gasteiger partial charge in [-0.25, -0.2) is 9.47 Å². The number of hydrogen-bond donors (Lipinski definition) is 0. The molecule has 14 nitrogen and oxygen atoms in total. The molecule has 68 heavy (non-hydrogen) atoms. The van der Waals surface area contributed by atoms with E-state index in [-0.39, 0.29) is 50.2 Å². The topological polar surface area (TPSA) is 171 Å². The van der Waals surface area contributed by atoms with Gasteiger partial charge in [0.25, 0.3) is 45.9 Å². The zero-order valence-electron chi connectivity index (χ0n) is 36.1. The molecule has 0 aliphatic carbocycles. The number of benzene rings is 7. The Bertz CT molecular complexity index is 3820. The van der Waals surface area contributed by atoms with Crippen LogP contribution < -0.4 is 36.6 Å².